The van der Waals surface area contributed by atoms with Crippen molar-refractivity contribution >= 4 is 23.5 Å². The largest absolute Gasteiger partial charge is 0.459 e. The van der Waals surface area contributed by atoms with E-state index in [1.165, 1.54) is 19.1 Å². The Morgan fingerprint density at radius 2 is 1.57 bits per heavy atom. The van der Waals surface area contributed by atoms with E-state index in [2.05, 4.69) is 10.6 Å². The van der Waals surface area contributed by atoms with E-state index in [0.717, 1.165) is 12.8 Å². The van der Waals surface area contributed by atoms with E-state index in [4.69, 9.17) is 4.42 Å². The van der Waals surface area contributed by atoms with Crippen LogP contribution in [0.2, 0.25) is 0 Å². The van der Waals surface area contributed by atoms with E-state index in [0.29, 0.717) is 43.2 Å². The number of anilines is 1. The Balaban J connectivity index is 1.26. The molecule has 1 aromatic carbocycles. The van der Waals surface area contributed by atoms with Crippen LogP contribution in [0.15, 0.2) is 47.1 Å². The van der Waals surface area contributed by atoms with Crippen molar-refractivity contribution in [2.45, 2.75) is 31.7 Å². The first kappa shape index (κ1) is 20.0. The predicted molar refractivity (Wildman–Crippen MR) is 111 cm³/mol. The van der Waals surface area contributed by atoms with Crippen LogP contribution >= 0.6 is 0 Å². The zero-order valence-electron chi connectivity index (χ0n) is 16.8. The summed E-state index contributed by atoms with van der Waals surface area (Å²) in [4.78, 5) is 40.5. The van der Waals surface area contributed by atoms with Crippen molar-refractivity contribution < 1.29 is 18.8 Å². The fourth-order valence-corrected chi connectivity index (χ4v) is 3.92. The molecule has 4 rings (SSSR count). The molecule has 8 heteroatoms. The number of piperazine rings is 1. The number of nitrogens with zero attached hydrogens (tertiary/aromatic N) is 2. The van der Waals surface area contributed by atoms with Gasteiger partial charge in [-0.1, -0.05) is 12.8 Å². The third kappa shape index (κ3) is 4.64. The van der Waals surface area contributed by atoms with Crippen LogP contribution in [0.25, 0.3) is 0 Å². The number of hydrogen-bond acceptors (Lipinski definition) is 4. The zero-order chi connectivity index (χ0) is 20.9. The van der Waals surface area contributed by atoms with Crippen molar-refractivity contribution in [2.75, 3.05) is 31.5 Å². The number of hydrogen-bond donors (Lipinski definition) is 2. The predicted octanol–water partition coefficient (Wildman–Crippen LogP) is 2.94. The van der Waals surface area contributed by atoms with Crippen molar-refractivity contribution in [1.82, 2.24) is 15.1 Å². The van der Waals surface area contributed by atoms with Gasteiger partial charge in [0.25, 0.3) is 11.8 Å². The van der Waals surface area contributed by atoms with Crippen molar-refractivity contribution in [3.05, 3.63) is 54.0 Å². The molecule has 1 saturated heterocycles. The first-order valence-corrected chi connectivity index (χ1v) is 10.4. The van der Waals surface area contributed by atoms with Gasteiger partial charge in [0.05, 0.1) is 6.26 Å². The molecule has 8 nitrogen and oxygen atoms in total. The average molecular weight is 410 g/mol. The van der Waals surface area contributed by atoms with Crippen LogP contribution in [0, 0.1) is 0 Å². The molecule has 2 aromatic rings. The molecular weight excluding hydrogens is 384 g/mol. The third-order valence-electron chi connectivity index (χ3n) is 5.67. The van der Waals surface area contributed by atoms with E-state index in [9.17, 15) is 14.4 Å². The van der Waals surface area contributed by atoms with Crippen LogP contribution in [-0.2, 0) is 0 Å². The quantitative estimate of drug-likeness (QED) is 0.810. The van der Waals surface area contributed by atoms with Crippen molar-refractivity contribution in [3.8, 4) is 0 Å². The first-order valence-electron chi connectivity index (χ1n) is 10.4. The highest BCUT2D eigenvalue weighted by Crippen LogP contribution is 2.19. The first-order chi connectivity index (χ1) is 14.6. The maximum atomic E-state index is 12.5. The smallest absolute Gasteiger partial charge is 0.321 e. The Kier molecular flexibility index (Phi) is 6.02. The molecule has 0 spiro atoms. The normalized spacial score (nSPS) is 17.1. The molecular formula is C22H26N4O4. The van der Waals surface area contributed by atoms with Gasteiger partial charge in [-0.25, -0.2) is 4.79 Å². The highest BCUT2D eigenvalue weighted by atomic mass is 16.3. The third-order valence-corrected chi connectivity index (χ3v) is 5.67. The molecule has 0 atom stereocenters. The lowest BCUT2D eigenvalue weighted by atomic mass is 10.1. The summed E-state index contributed by atoms with van der Waals surface area (Å²) in [7, 11) is 0. The molecule has 2 N–H and O–H groups in total. The van der Waals surface area contributed by atoms with Crippen LogP contribution in [0.5, 0.6) is 0 Å². The van der Waals surface area contributed by atoms with Gasteiger partial charge in [-0.05, 0) is 49.2 Å². The molecule has 0 radical (unpaired) electrons. The molecule has 2 fully saturated rings. The van der Waals surface area contributed by atoms with Gasteiger partial charge in [-0.15, -0.1) is 0 Å². The minimum atomic E-state index is -0.219. The summed E-state index contributed by atoms with van der Waals surface area (Å²) in [5, 5.41) is 5.91. The summed E-state index contributed by atoms with van der Waals surface area (Å²) in [6.07, 6.45) is 5.89. The number of carbonyl (C=O) groups is 3. The maximum Gasteiger partial charge on any atom is 0.321 e. The minimum Gasteiger partial charge on any atom is -0.459 e. The van der Waals surface area contributed by atoms with Gasteiger partial charge in [0.1, 0.15) is 0 Å². The van der Waals surface area contributed by atoms with Crippen LogP contribution in [0.1, 0.15) is 46.6 Å². The maximum absolute atomic E-state index is 12.5. The molecule has 2 aliphatic rings. The van der Waals surface area contributed by atoms with E-state index in [1.807, 2.05) is 0 Å². The fraction of sp³-hybridized carbons (Fsp3) is 0.409. The molecule has 2 heterocycles. The number of rotatable bonds is 4. The lowest BCUT2D eigenvalue weighted by Gasteiger charge is -2.34. The average Bonchev–Trinajstić information content (AvgIpc) is 3.48. The molecule has 1 saturated carbocycles. The van der Waals surface area contributed by atoms with Gasteiger partial charge in [-0.3, -0.25) is 9.59 Å². The molecule has 158 valence electrons. The highest BCUT2D eigenvalue weighted by molar-refractivity contribution is 5.96. The Hall–Kier alpha value is -3.29. The minimum absolute atomic E-state index is 0.0721. The van der Waals surface area contributed by atoms with Crippen LogP contribution in [0.4, 0.5) is 10.5 Å². The number of carbonyl (C=O) groups excluding carboxylic acids is 3. The monoisotopic (exact) mass is 410 g/mol. The summed E-state index contributed by atoms with van der Waals surface area (Å²) >= 11 is 0. The highest BCUT2D eigenvalue weighted by Gasteiger charge is 2.26. The molecule has 1 aliphatic heterocycles. The SMILES string of the molecule is O=C(NC1CCCC1)c1ccc(NC(=O)N2CCN(C(=O)c3ccco3)CC2)cc1. The molecule has 0 unspecified atom stereocenters. The summed E-state index contributed by atoms with van der Waals surface area (Å²) in [5.41, 5.74) is 1.22. The van der Waals surface area contributed by atoms with Crippen molar-refractivity contribution in [3.63, 3.8) is 0 Å². The van der Waals surface area contributed by atoms with E-state index < -0.39 is 0 Å². The zero-order valence-corrected chi connectivity index (χ0v) is 16.8. The number of urea groups is 1. The second-order valence-corrected chi connectivity index (χ2v) is 7.72. The summed E-state index contributed by atoms with van der Waals surface area (Å²) in [5.74, 6) is 0.0774. The second kappa shape index (κ2) is 9.02. The van der Waals surface area contributed by atoms with Crippen molar-refractivity contribution in [2.24, 2.45) is 0 Å². The molecule has 1 aromatic heterocycles. The van der Waals surface area contributed by atoms with E-state index in [-0.39, 0.29) is 23.9 Å². The number of nitrogens with one attached hydrogen (secondary N) is 2. The van der Waals surface area contributed by atoms with Gasteiger partial charge in [0, 0.05) is 43.5 Å². The van der Waals surface area contributed by atoms with Gasteiger partial charge >= 0.3 is 6.03 Å². The van der Waals surface area contributed by atoms with Crippen LogP contribution < -0.4 is 10.6 Å². The van der Waals surface area contributed by atoms with Crippen LogP contribution in [0.3, 0.4) is 0 Å². The molecule has 1 aliphatic carbocycles. The molecule has 4 amide bonds. The Morgan fingerprint density at radius 3 is 2.20 bits per heavy atom. The lowest BCUT2D eigenvalue weighted by molar-refractivity contribution is 0.0640. The second-order valence-electron chi connectivity index (χ2n) is 7.72. The summed E-state index contributed by atoms with van der Waals surface area (Å²) < 4.78 is 5.15. The number of amides is 4. The topological polar surface area (TPSA) is 94.9 Å². The standard InChI is InChI=1S/C22H26N4O4/c27-20(23-17-4-1-2-5-17)16-7-9-18(10-8-16)24-22(29)26-13-11-25(12-14-26)21(28)19-6-3-15-30-19/h3,6-10,15,17H,1-2,4-5,11-14H2,(H,23,27)(H,24,29). The van der Waals surface area contributed by atoms with E-state index >= 15 is 0 Å². The van der Waals surface area contributed by atoms with Crippen LogP contribution in [-0.4, -0.2) is 59.9 Å². The Morgan fingerprint density at radius 1 is 0.900 bits per heavy atom. The fourth-order valence-electron chi connectivity index (χ4n) is 3.92. The van der Waals surface area contributed by atoms with Gasteiger partial charge < -0.3 is 24.9 Å². The summed E-state index contributed by atoms with van der Waals surface area (Å²) in [6, 6.07) is 10.3. The number of benzene rings is 1. The number of furan rings is 1. The van der Waals surface area contributed by atoms with Gasteiger partial charge in [0.15, 0.2) is 5.76 Å². The van der Waals surface area contributed by atoms with E-state index in [1.54, 1.807) is 46.2 Å². The van der Waals surface area contributed by atoms with Crippen molar-refractivity contribution in [1.29, 1.82) is 0 Å². The molecule has 0 bridgehead atoms. The molecule has 30 heavy (non-hydrogen) atoms. The Bertz CT molecular complexity index is 880. The van der Waals surface area contributed by atoms with Gasteiger partial charge in [-0.2, -0.15) is 0 Å². The Labute approximate surface area is 175 Å². The van der Waals surface area contributed by atoms with Gasteiger partial charge in [0.2, 0.25) is 0 Å². The lowest BCUT2D eigenvalue weighted by Crippen LogP contribution is -2.51. The summed E-state index contributed by atoms with van der Waals surface area (Å²) in [6.45, 7) is 1.79.